The summed E-state index contributed by atoms with van der Waals surface area (Å²) in [5, 5.41) is 4.33. The smallest absolute Gasteiger partial charge is 0.241 e. The van der Waals surface area contributed by atoms with Crippen molar-refractivity contribution in [2.24, 2.45) is 5.92 Å². The number of nitrogens with one attached hydrogen (secondary N) is 1. The van der Waals surface area contributed by atoms with Gasteiger partial charge in [0.05, 0.1) is 11.9 Å². The fraction of sp³-hybridized carbons (Fsp3) is 0.471. The molecule has 2 aromatic rings. The molecule has 1 aliphatic heterocycles. The van der Waals surface area contributed by atoms with E-state index in [4.69, 9.17) is 0 Å². The molecule has 1 atom stereocenters. The quantitative estimate of drug-likeness (QED) is 0.868. The Kier molecular flexibility index (Phi) is 5.33. The second-order valence-corrected chi connectivity index (χ2v) is 8.14. The molecule has 6 nitrogen and oxygen atoms in total. The topological polar surface area (TPSA) is 67.2 Å². The highest BCUT2D eigenvalue weighted by Crippen LogP contribution is 2.17. The molecule has 7 heteroatoms. The number of benzene rings is 1. The van der Waals surface area contributed by atoms with Crippen molar-refractivity contribution in [2.75, 3.05) is 19.6 Å². The fourth-order valence-electron chi connectivity index (χ4n) is 2.99. The first-order valence-electron chi connectivity index (χ1n) is 8.38. The number of piperidine rings is 1. The van der Waals surface area contributed by atoms with Crippen LogP contribution in [0.5, 0.6) is 0 Å². The zero-order chi connectivity index (χ0) is 17.0. The summed E-state index contributed by atoms with van der Waals surface area (Å²) in [4.78, 5) is 0. The van der Waals surface area contributed by atoms with Gasteiger partial charge in [-0.1, -0.05) is 25.1 Å². The molecule has 0 saturated carbocycles. The lowest BCUT2D eigenvalue weighted by Gasteiger charge is -2.29. The Balaban J connectivity index is 1.54. The van der Waals surface area contributed by atoms with Crippen LogP contribution in [0.25, 0.3) is 5.69 Å². The van der Waals surface area contributed by atoms with Crippen LogP contribution < -0.4 is 4.72 Å². The van der Waals surface area contributed by atoms with Gasteiger partial charge in [0, 0.05) is 25.8 Å². The number of aromatic nitrogens is 2. The highest BCUT2D eigenvalue weighted by atomic mass is 32.2. The van der Waals surface area contributed by atoms with E-state index < -0.39 is 10.2 Å². The third kappa shape index (κ3) is 4.23. The van der Waals surface area contributed by atoms with Crippen molar-refractivity contribution in [3.8, 4) is 5.69 Å². The lowest BCUT2D eigenvalue weighted by molar-refractivity contribution is 0.278. The maximum absolute atomic E-state index is 12.3. The van der Waals surface area contributed by atoms with E-state index in [1.54, 1.807) is 15.2 Å². The zero-order valence-corrected chi connectivity index (χ0v) is 14.7. The van der Waals surface area contributed by atoms with Crippen molar-refractivity contribution < 1.29 is 8.42 Å². The molecule has 0 amide bonds. The fourth-order valence-corrected chi connectivity index (χ4v) is 4.35. The van der Waals surface area contributed by atoms with E-state index in [1.807, 2.05) is 36.5 Å². The number of rotatable bonds is 6. The first-order valence-corrected chi connectivity index (χ1v) is 9.82. The molecule has 1 unspecified atom stereocenters. The molecule has 0 aliphatic carbocycles. The Morgan fingerprint density at radius 3 is 2.83 bits per heavy atom. The van der Waals surface area contributed by atoms with Crippen LogP contribution in [0.1, 0.15) is 25.3 Å². The zero-order valence-electron chi connectivity index (χ0n) is 13.9. The molecule has 0 bridgehead atoms. The van der Waals surface area contributed by atoms with Crippen LogP contribution in [0, 0.1) is 5.92 Å². The summed E-state index contributed by atoms with van der Waals surface area (Å²) in [6.07, 6.45) is 6.38. The van der Waals surface area contributed by atoms with Crippen LogP contribution in [0.15, 0.2) is 42.7 Å². The third-order valence-corrected chi connectivity index (χ3v) is 5.90. The minimum absolute atomic E-state index is 0.383. The van der Waals surface area contributed by atoms with Gasteiger partial charge in [0.25, 0.3) is 10.2 Å². The second kappa shape index (κ2) is 7.46. The molecule has 0 spiro atoms. The van der Waals surface area contributed by atoms with Gasteiger partial charge in [0.15, 0.2) is 0 Å². The minimum Gasteiger partial charge on any atom is -0.241 e. The molecular weight excluding hydrogens is 324 g/mol. The van der Waals surface area contributed by atoms with Crippen LogP contribution in [-0.2, 0) is 16.6 Å². The van der Waals surface area contributed by atoms with Crippen molar-refractivity contribution in [1.29, 1.82) is 0 Å². The molecule has 0 radical (unpaired) electrons. The van der Waals surface area contributed by atoms with Gasteiger partial charge >= 0.3 is 0 Å². The second-order valence-electron chi connectivity index (χ2n) is 6.38. The number of hydrogen-bond donors (Lipinski definition) is 1. The van der Waals surface area contributed by atoms with E-state index >= 15 is 0 Å². The predicted octanol–water partition coefficient (Wildman–Crippen LogP) is 1.98. The lowest BCUT2D eigenvalue weighted by Crippen LogP contribution is -2.46. The Morgan fingerprint density at radius 2 is 2.08 bits per heavy atom. The monoisotopic (exact) mass is 348 g/mol. The van der Waals surface area contributed by atoms with Gasteiger partial charge in [-0.05, 0) is 42.9 Å². The molecule has 1 saturated heterocycles. The van der Waals surface area contributed by atoms with E-state index in [1.165, 1.54) is 0 Å². The standard InChI is InChI=1S/C17H24N4O2S/c1-15-6-5-11-20(13-15)24(22,23)19-10-9-16-12-18-21(14-16)17-7-3-2-4-8-17/h2-4,7-8,12,14-15,19H,5-6,9-11,13H2,1H3. The average molecular weight is 348 g/mol. The molecule has 1 aromatic carbocycles. The lowest BCUT2D eigenvalue weighted by atomic mass is 10.0. The van der Waals surface area contributed by atoms with Crippen molar-refractivity contribution >= 4 is 10.2 Å². The Hall–Kier alpha value is -1.70. The normalized spacial score (nSPS) is 19.5. The molecular formula is C17H24N4O2S. The Morgan fingerprint density at radius 1 is 1.29 bits per heavy atom. The summed E-state index contributed by atoms with van der Waals surface area (Å²) in [5.41, 5.74) is 2.00. The number of nitrogens with zero attached hydrogens (tertiary/aromatic N) is 3. The van der Waals surface area contributed by atoms with E-state index in [2.05, 4.69) is 16.7 Å². The van der Waals surface area contributed by atoms with Crippen molar-refractivity contribution in [2.45, 2.75) is 26.2 Å². The maximum Gasteiger partial charge on any atom is 0.279 e. The van der Waals surface area contributed by atoms with Crippen LogP contribution in [0.2, 0.25) is 0 Å². The number of para-hydroxylation sites is 1. The summed E-state index contributed by atoms with van der Waals surface area (Å²) in [7, 11) is -3.38. The van der Waals surface area contributed by atoms with Crippen LogP contribution in [0.3, 0.4) is 0 Å². The highest BCUT2D eigenvalue weighted by Gasteiger charge is 2.26. The largest absolute Gasteiger partial charge is 0.279 e. The summed E-state index contributed by atoms with van der Waals surface area (Å²) in [6.45, 7) is 3.71. The van der Waals surface area contributed by atoms with E-state index in [-0.39, 0.29) is 0 Å². The summed E-state index contributed by atoms with van der Waals surface area (Å²) >= 11 is 0. The third-order valence-electron chi connectivity index (χ3n) is 4.31. The summed E-state index contributed by atoms with van der Waals surface area (Å²) < 4.78 is 30.8. The molecule has 1 fully saturated rings. The van der Waals surface area contributed by atoms with Gasteiger partial charge in [-0.15, -0.1) is 0 Å². The molecule has 130 valence electrons. The summed E-state index contributed by atoms with van der Waals surface area (Å²) in [6, 6.07) is 9.85. The summed E-state index contributed by atoms with van der Waals surface area (Å²) in [5.74, 6) is 0.430. The molecule has 1 aromatic heterocycles. The van der Waals surface area contributed by atoms with Gasteiger partial charge < -0.3 is 0 Å². The maximum atomic E-state index is 12.3. The van der Waals surface area contributed by atoms with Crippen LogP contribution in [0.4, 0.5) is 0 Å². The Labute approximate surface area is 143 Å². The van der Waals surface area contributed by atoms with Crippen LogP contribution >= 0.6 is 0 Å². The van der Waals surface area contributed by atoms with E-state index in [0.29, 0.717) is 32.0 Å². The first-order chi connectivity index (χ1) is 11.5. The molecule has 1 N–H and O–H groups in total. The van der Waals surface area contributed by atoms with Gasteiger partial charge in [0.1, 0.15) is 0 Å². The highest BCUT2D eigenvalue weighted by molar-refractivity contribution is 7.87. The van der Waals surface area contributed by atoms with Gasteiger partial charge in [0.2, 0.25) is 0 Å². The molecule has 2 heterocycles. The Bertz CT molecular complexity index is 758. The van der Waals surface area contributed by atoms with Gasteiger partial charge in [-0.3, -0.25) is 0 Å². The minimum atomic E-state index is -3.38. The van der Waals surface area contributed by atoms with Crippen molar-refractivity contribution in [1.82, 2.24) is 18.8 Å². The molecule has 1 aliphatic rings. The number of hydrogen-bond acceptors (Lipinski definition) is 3. The van der Waals surface area contributed by atoms with Crippen molar-refractivity contribution in [3.05, 3.63) is 48.3 Å². The average Bonchev–Trinajstić information content (AvgIpc) is 3.04. The molecule has 3 rings (SSSR count). The van der Waals surface area contributed by atoms with Gasteiger partial charge in [-0.2, -0.15) is 17.8 Å². The van der Waals surface area contributed by atoms with E-state index in [9.17, 15) is 8.42 Å². The predicted molar refractivity (Wildman–Crippen MR) is 94.2 cm³/mol. The van der Waals surface area contributed by atoms with Gasteiger partial charge in [-0.25, -0.2) is 9.40 Å². The SMILES string of the molecule is CC1CCCN(S(=O)(=O)NCCc2cnn(-c3ccccc3)c2)C1. The van der Waals surface area contributed by atoms with Crippen molar-refractivity contribution in [3.63, 3.8) is 0 Å². The van der Waals surface area contributed by atoms with E-state index in [0.717, 1.165) is 24.1 Å². The van der Waals surface area contributed by atoms with Crippen LogP contribution in [-0.4, -0.2) is 42.1 Å². The molecule has 24 heavy (non-hydrogen) atoms. The first kappa shape index (κ1) is 17.1.